The number of halogens is 1. The van der Waals surface area contributed by atoms with Gasteiger partial charge in [-0.25, -0.2) is 4.98 Å². The van der Waals surface area contributed by atoms with Crippen LogP contribution < -0.4 is 5.32 Å². The van der Waals surface area contributed by atoms with Gasteiger partial charge in [-0.1, -0.05) is 29.8 Å². The van der Waals surface area contributed by atoms with Crippen LogP contribution in [0.5, 0.6) is 0 Å². The number of benzene rings is 1. The summed E-state index contributed by atoms with van der Waals surface area (Å²) in [6.07, 6.45) is 2.39. The Morgan fingerprint density at radius 2 is 2.17 bits per heavy atom. The zero-order valence-corrected chi connectivity index (χ0v) is 14.0. The Bertz CT molecular complexity index is 732. The summed E-state index contributed by atoms with van der Waals surface area (Å²) in [6.45, 7) is 0.731. The molecule has 0 radical (unpaired) electrons. The Morgan fingerprint density at radius 1 is 1.35 bits per heavy atom. The smallest absolute Gasteiger partial charge is 0.245 e. The molecule has 1 fully saturated rings. The molecule has 1 aromatic carbocycles. The maximum atomic E-state index is 12.1. The second-order valence-electron chi connectivity index (χ2n) is 5.34. The molecule has 1 aliphatic heterocycles. The van der Waals surface area contributed by atoms with Crippen molar-refractivity contribution in [3.8, 4) is 11.3 Å². The summed E-state index contributed by atoms with van der Waals surface area (Å²) < 4.78 is 0. The average Bonchev–Trinajstić information content (AvgIpc) is 2.98. The summed E-state index contributed by atoms with van der Waals surface area (Å²) in [7, 11) is 0. The summed E-state index contributed by atoms with van der Waals surface area (Å²) in [6, 6.07) is 7.43. The first-order valence-electron chi connectivity index (χ1n) is 7.41. The molecule has 1 saturated heterocycles. The highest BCUT2D eigenvalue weighted by molar-refractivity contribution is 7.14. The SMILES string of the molecule is O=C(CN1CCCCC1=O)Nc1nc(-c2ccccc2Cl)cs1. The van der Waals surface area contributed by atoms with Gasteiger partial charge in [0.1, 0.15) is 0 Å². The summed E-state index contributed by atoms with van der Waals surface area (Å²) >= 11 is 7.49. The van der Waals surface area contributed by atoms with E-state index in [0.29, 0.717) is 23.1 Å². The van der Waals surface area contributed by atoms with E-state index in [9.17, 15) is 9.59 Å². The van der Waals surface area contributed by atoms with Gasteiger partial charge in [0.05, 0.1) is 12.2 Å². The maximum absolute atomic E-state index is 12.1. The summed E-state index contributed by atoms with van der Waals surface area (Å²) in [5.41, 5.74) is 1.56. The largest absolute Gasteiger partial charge is 0.333 e. The average molecular weight is 350 g/mol. The third-order valence-corrected chi connectivity index (χ3v) is 4.74. The van der Waals surface area contributed by atoms with Crippen LogP contribution in [-0.2, 0) is 9.59 Å². The number of amides is 2. The standard InChI is InChI=1S/C16H16ClN3O2S/c17-12-6-2-1-5-11(12)13-10-23-16(18-13)19-14(21)9-20-8-4-3-7-15(20)22/h1-2,5-6,10H,3-4,7-9H2,(H,18,19,21). The minimum atomic E-state index is -0.222. The van der Waals surface area contributed by atoms with E-state index in [4.69, 9.17) is 11.6 Å². The number of hydrogen-bond acceptors (Lipinski definition) is 4. The van der Waals surface area contributed by atoms with Gasteiger partial charge in [-0.2, -0.15) is 0 Å². The van der Waals surface area contributed by atoms with Crippen LogP contribution in [0.1, 0.15) is 19.3 Å². The van der Waals surface area contributed by atoms with Crippen molar-refractivity contribution in [1.29, 1.82) is 0 Å². The van der Waals surface area contributed by atoms with Gasteiger partial charge in [-0.15, -0.1) is 11.3 Å². The van der Waals surface area contributed by atoms with Crippen LogP contribution in [0.4, 0.5) is 5.13 Å². The van der Waals surface area contributed by atoms with Crippen LogP contribution in [0, 0.1) is 0 Å². The molecule has 0 unspecified atom stereocenters. The van der Waals surface area contributed by atoms with Crippen molar-refractivity contribution < 1.29 is 9.59 Å². The minimum absolute atomic E-state index is 0.0438. The van der Waals surface area contributed by atoms with Gasteiger partial charge in [0.15, 0.2) is 5.13 Å². The molecule has 1 N–H and O–H groups in total. The minimum Gasteiger partial charge on any atom is -0.333 e. The number of nitrogens with one attached hydrogen (secondary N) is 1. The Kier molecular flexibility index (Phi) is 4.93. The molecule has 0 atom stereocenters. The second kappa shape index (κ2) is 7.10. The molecule has 1 aromatic heterocycles. The number of anilines is 1. The van der Waals surface area contributed by atoms with Crippen LogP contribution >= 0.6 is 22.9 Å². The lowest BCUT2D eigenvalue weighted by Gasteiger charge is -2.25. The van der Waals surface area contributed by atoms with Gasteiger partial charge in [0, 0.05) is 28.9 Å². The van der Waals surface area contributed by atoms with Gasteiger partial charge in [-0.3, -0.25) is 9.59 Å². The van der Waals surface area contributed by atoms with Crippen LogP contribution in [0.3, 0.4) is 0 Å². The fourth-order valence-corrected chi connectivity index (χ4v) is 3.44. The van der Waals surface area contributed by atoms with Crippen LogP contribution in [0.25, 0.3) is 11.3 Å². The lowest BCUT2D eigenvalue weighted by atomic mass is 10.1. The van der Waals surface area contributed by atoms with Gasteiger partial charge in [0.2, 0.25) is 11.8 Å². The first kappa shape index (κ1) is 16.0. The number of nitrogens with zero attached hydrogens (tertiary/aromatic N) is 2. The normalized spacial score (nSPS) is 14.8. The molecule has 0 bridgehead atoms. The highest BCUT2D eigenvalue weighted by Crippen LogP contribution is 2.30. The topological polar surface area (TPSA) is 62.3 Å². The maximum Gasteiger partial charge on any atom is 0.245 e. The number of piperidine rings is 1. The van der Waals surface area contributed by atoms with Gasteiger partial charge in [0.25, 0.3) is 0 Å². The van der Waals surface area contributed by atoms with E-state index in [-0.39, 0.29) is 18.4 Å². The third kappa shape index (κ3) is 3.89. The number of rotatable bonds is 4. The lowest BCUT2D eigenvalue weighted by Crippen LogP contribution is -2.40. The molecule has 2 heterocycles. The molecule has 120 valence electrons. The molecular weight excluding hydrogens is 334 g/mol. The first-order valence-corrected chi connectivity index (χ1v) is 8.67. The molecule has 0 spiro atoms. The molecule has 5 nitrogen and oxygen atoms in total. The van der Waals surface area contributed by atoms with E-state index in [1.807, 2.05) is 23.6 Å². The van der Waals surface area contributed by atoms with E-state index in [1.165, 1.54) is 11.3 Å². The molecule has 1 aliphatic rings. The van der Waals surface area contributed by atoms with Crippen molar-refractivity contribution >= 4 is 39.9 Å². The quantitative estimate of drug-likeness (QED) is 0.920. The van der Waals surface area contributed by atoms with Crippen LogP contribution in [0.15, 0.2) is 29.6 Å². The molecule has 0 aliphatic carbocycles. The molecule has 23 heavy (non-hydrogen) atoms. The number of carbonyl (C=O) groups is 2. The van der Waals surface area contributed by atoms with Gasteiger partial charge >= 0.3 is 0 Å². The fraction of sp³-hybridized carbons (Fsp3) is 0.312. The third-order valence-electron chi connectivity index (χ3n) is 3.66. The molecule has 0 saturated carbocycles. The van der Waals surface area contributed by atoms with E-state index < -0.39 is 0 Å². The lowest BCUT2D eigenvalue weighted by molar-refractivity contribution is -0.136. The fourth-order valence-electron chi connectivity index (χ4n) is 2.48. The number of hydrogen-bond donors (Lipinski definition) is 1. The highest BCUT2D eigenvalue weighted by Gasteiger charge is 2.21. The zero-order chi connectivity index (χ0) is 16.2. The first-order chi connectivity index (χ1) is 11.1. The highest BCUT2D eigenvalue weighted by atomic mass is 35.5. The Morgan fingerprint density at radius 3 is 2.96 bits per heavy atom. The van der Waals surface area contributed by atoms with Gasteiger partial charge in [-0.05, 0) is 18.9 Å². The predicted octanol–water partition coefficient (Wildman–Crippen LogP) is 3.41. The van der Waals surface area contributed by atoms with Crippen molar-refractivity contribution in [2.75, 3.05) is 18.4 Å². The molecule has 3 rings (SSSR count). The van der Waals surface area contributed by atoms with Crippen molar-refractivity contribution in [2.24, 2.45) is 0 Å². The summed E-state index contributed by atoms with van der Waals surface area (Å²) in [5, 5.41) is 5.73. The van der Waals surface area contributed by atoms with Crippen molar-refractivity contribution in [3.63, 3.8) is 0 Å². The second-order valence-corrected chi connectivity index (χ2v) is 6.60. The van der Waals surface area contributed by atoms with Crippen LogP contribution in [0.2, 0.25) is 5.02 Å². The molecule has 2 amide bonds. The van der Waals surface area contributed by atoms with E-state index in [2.05, 4.69) is 10.3 Å². The molecular formula is C16H16ClN3O2S. The van der Waals surface area contributed by atoms with Crippen LogP contribution in [-0.4, -0.2) is 34.8 Å². The number of carbonyl (C=O) groups excluding carboxylic acids is 2. The van der Waals surface area contributed by atoms with E-state index >= 15 is 0 Å². The van der Waals surface area contributed by atoms with Crippen molar-refractivity contribution in [2.45, 2.75) is 19.3 Å². The zero-order valence-electron chi connectivity index (χ0n) is 12.4. The monoisotopic (exact) mass is 349 g/mol. The number of likely N-dealkylation sites (tertiary alicyclic amines) is 1. The van der Waals surface area contributed by atoms with E-state index in [1.54, 1.807) is 11.0 Å². The number of aromatic nitrogens is 1. The number of thiazole rings is 1. The Hall–Kier alpha value is -1.92. The van der Waals surface area contributed by atoms with Gasteiger partial charge < -0.3 is 10.2 Å². The van der Waals surface area contributed by atoms with E-state index in [0.717, 1.165) is 24.1 Å². The summed E-state index contributed by atoms with van der Waals surface area (Å²) in [5.74, 6) is -0.178. The Labute approximate surface area is 143 Å². The molecule has 7 heteroatoms. The summed E-state index contributed by atoms with van der Waals surface area (Å²) in [4.78, 5) is 29.8. The Balaban J connectivity index is 1.64. The predicted molar refractivity (Wildman–Crippen MR) is 91.6 cm³/mol. The molecule has 2 aromatic rings. The van der Waals surface area contributed by atoms with Crippen molar-refractivity contribution in [1.82, 2.24) is 9.88 Å². The van der Waals surface area contributed by atoms with Crippen molar-refractivity contribution in [3.05, 3.63) is 34.7 Å².